The van der Waals surface area contributed by atoms with Gasteiger partial charge in [0.15, 0.2) is 0 Å². The molecule has 0 aliphatic rings. The molecule has 0 heterocycles. The van der Waals surface area contributed by atoms with Crippen molar-refractivity contribution in [3.05, 3.63) is 29.8 Å². The third-order valence-electron chi connectivity index (χ3n) is 2.34. The van der Waals surface area contributed by atoms with E-state index in [0.717, 1.165) is 0 Å². The number of nitrogens with zero attached hydrogens (tertiary/aromatic N) is 1. The smallest absolute Gasteiger partial charge is 0.407 e. The lowest BCUT2D eigenvalue weighted by atomic mass is 10.1. The van der Waals surface area contributed by atoms with E-state index in [0.29, 0.717) is 17.0 Å². The predicted octanol–water partition coefficient (Wildman–Crippen LogP) is 2.40. The molecule has 0 saturated carbocycles. The van der Waals surface area contributed by atoms with Gasteiger partial charge in [0, 0.05) is 5.56 Å². The van der Waals surface area contributed by atoms with E-state index >= 15 is 0 Å². The van der Waals surface area contributed by atoms with Gasteiger partial charge >= 0.3 is 6.09 Å². The van der Waals surface area contributed by atoms with Crippen LogP contribution in [0.1, 0.15) is 26.3 Å². The Hall–Kier alpha value is -2.24. The Morgan fingerprint density at radius 1 is 1.30 bits per heavy atom. The van der Waals surface area contributed by atoms with Crippen LogP contribution in [-0.4, -0.2) is 36.3 Å². The van der Waals surface area contributed by atoms with E-state index in [9.17, 15) is 4.79 Å². The van der Waals surface area contributed by atoms with E-state index in [1.165, 1.54) is 0 Å². The summed E-state index contributed by atoms with van der Waals surface area (Å²) in [5.74, 6) is 0.700. The number of carbonyl (C=O) groups is 1. The molecule has 110 valence electrons. The number of alkyl carbamates (subject to hydrolysis) is 1. The van der Waals surface area contributed by atoms with Gasteiger partial charge < -0.3 is 20.0 Å². The molecule has 1 aromatic rings. The second kappa shape index (κ2) is 6.79. The van der Waals surface area contributed by atoms with Crippen LogP contribution in [0.4, 0.5) is 4.79 Å². The molecule has 6 nitrogen and oxygen atoms in total. The molecule has 0 aromatic heterocycles. The number of methoxy groups -OCH3 is 1. The van der Waals surface area contributed by atoms with Gasteiger partial charge in [0.1, 0.15) is 17.1 Å². The molecule has 0 saturated heterocycles. The third-order valence-corrected chi connectivity index (χ3v) is 2.34. The highest BCUT2D eigenvalue weighted by molar-refractivity contribution is 6.02. The van der Waals surface area contributed by atoms with Crippen molar-refractivity contribution < 1.29 is 19.5 Å². The van der Waals surface area contributed by atoms with E-state index in [1.54, 1.807) is 52.1 Å². The number of hydrogen-bond donors (Lipinski definition) is 2. The minimum atomic E-state index is -0.569. The molecule has 0 radical (unpaired) electrons. The fourth-order valence-electron chi connectivity index (χ4n) is 1.45. The number of ether oxygens (including phenoxy) is 2. The zero-order valence-electron chi connectivity index (χ0n) is 12.1. The van der Waals surface area contributed by atoms with Crippen LogP contribution in [0, 0.1) is 0 Å². The molecule has 0 atom stereocenters. The molecule has 0 aliphatic heterocycles. The highest BCUT2D eigenvalue weighted by atomic mass is 16.6. The Kier molecular flexibility index (Phi) is 5.37. The third kappa shape index (κ3) is 5.17. The zero-order chi connectivity index (χ0) is 15.2. The first-order valence-electron chi connectivity index (χ1n) is 6.18. The van der Waals surface area contributed by atoms with Crippen molar-refractivity contribution in [3.8, 4) is 5.75 Å². The first kappa shape index (κ1) is 15.8. The summed E-state index contributed by atoms with van der Waals surface area (Å²) < 4.78 is 10.1. The molecule has 1 aromatic carbocycles. The number of hydrogen-bond acceptors (Lipinski definition) is 5. The quantitative estimate of drug-likeness (QED) is 0.504. The highest BCUT2D eigenvalue weighted by Gasteiger charge is 2.16. The van der Waals surface area contributed by atoms with Crippen LogP contribution in [0.3, 0.4) is 0 Å². The van der Waals surface area contributed by atoms with E-state index in [2.05, 4.69) is 10.5 Å². The standard InChI is InChI=1S/C14H20N2O4/c1-14(2,3)20-13(17)15-9-12(16-18)10-5-7-11(19-4)8-6-10/h5-8,18H,9H2,1-4H3,(H,15,17). The van der Waals surface area contributed by atoms with Crippen molar-refractivity contribution in [1.82, 2.24) is 5.32 Å². The summed E-state index contributed by atoms with van der Waals surface area (Å²) in [6.45, 7) is 5.39. The lowest BCUT2D eigenvalue weighted by Gasteiger charge is -2.19. The van der Waals surface area contributed by atoms with Gasteiger partial charge in [-0.25, -0.2) is 4.79 Å². The Morgan fingerprint density at radius 2 is 1.90 bits per heavy atom. The Morgan fingerprint density at radius 3 is 2.35 bits per heavy atom. The van der Waals surface area contributed by atoms with Crippen LogP contribution in [0.5, 0.6) is 5.75 Å². The van der Waals surface area contributed by atoms with Crippen LogP contribution in [0.2, 0.25) is 0 Å². The van der Waals surface area contributed by atoms with E-state index in [-0.39, 0.29) is 6.54 Å². The number of nitrogens with one attached hydrogen (secondary N) is 1. The number of benzene rings is 1. The molecule has 0 spiro atoms. The predicted molar refractivity (Wildman–Crippen MR) is 75.6 cm³/mol. The van der Waals surface area contributed by atoms with Gasteiger partial charge in [-0.2, -0.15) is 0 Å². The van der Waals surface area contributed by atoms with E-state index < -0.39 is 11.7 Å². The maximum absolute atomic E-state index is 11.5. The van der Waals surface area contributed by atoms with Crippen LogP contribution in [-0.2, 0) is 4.74 Å². The van der Waals surface area contributed by atoms with Crippen molar-refractivity contribution in [2.75, 3.05) is 13.7 Å². The largest absolute Gasteiger partial charge is 0.497 e. The van der Waals surface area contributed by atoms with Gasteiger partial charge in [-0.1, -0.05) is 5.16 Å². The van der Waals surface area contributed by atoms with Crippen LogP contribution < -0.4 is 10.1 Å². The number of carbonyl (C=O) groups excluding carboxylic acids is 1. The minimum absolute atomic E-state index is 0.0672. The molecule has 6 heteroatoms. The fraction of sp³-hybridized carbons (Fsp3) is 0.429. The molecule has 1 rings (SSSR count). The van der Waals surface area contributed by atoms with E-state index in [1.807, 2.05) is 0 Å². The van der Waals surface area contributed by atoms with Crippen molar-refractivity contribution in [1.29, 1.82) is 0 Å². The lowest BCUT2D eigenvalue weighted by molar-refractivity contribution is 0.0536. The summed E-state index contributed by atoms with van der Waals surface area (Å²) in [7, 11) is 1.57. The molecular formula is C14H20N2O4. The summed E-state index contributed by atoms with van der Waals surface area (Å²) in [4.78, 5) is 11.5. The Bertz CT molecular complexity index is 475. The molecule has 1 amide bonds. The van der Waals surface area contributed by atoms with Crippen molar-refractivity contribution in [2.24, 2.45) is 5.16 Å². The van der Waals surface area contributed by atoms with Gasteiger partial charge in [0.05, 0.1) is 13.7 Å². The average molecular weight is 280 g/mol. The van der Waals surface area contributed by atoms with Gasteiger partial charge in [-0.05, 0) is 45.0 Å². The Labute approximate surface area is 118 Å². The SMILES string of the molecule is COc1ccc(C(CNC(=O)OC(C)(C)C)=NO)cc1. The average Bonchev–Trinajstić information content (AvgIpc) is 2.38. The maximum atomic E-state index is 11.5. The van der Waals surface area contributed by atoms with Crippen LogP contribution >= 0.6 is 0 Å². The number of rotatable bonds is 4. The summed E-state index contributed by atoms with van der Waals surface area (Å²) in [6, 6.07) is 6.97. The van der Waals surface area contributed by atoms with Gasteiger partial charge in [0.2, 0.25) is 0 Å². The monoisotopic (exact) mass is 280 g/mol. The van der Waals surface area contributed by atoms with Gasteiger partial charge in [-0.15, -0.1) is 0 Å². The van der Waals surface area contributed by atoms with Crippen molar-refractivity contribution in [3.63, 3.8) is 0 Å². The molecule has 0 unspecified atom stereocenters. The molecule has 0 bridgehead atoms. The zero-order valence-corrected chi connectivity index (χ0v) is 12.1. The second-order valence-corrected chi connectivity index (χ2v) is 5.13. The summed E-state index contributed by atoms with van der Waals surface area (Å²) >= 11 is 0. The second-order valence-electron chi connectivity index (χ2n) is 5.13. The summed E-state index contributed by atoms with van der Waals surface area (Å²) in [5, 5.41) is 14.7. The van der Waals surface area contributed by atoms with Gasteiger partial charge in [-0.3, -0.25) is 0 Å². The normalized spacial score (nSPS) is 11.9. The summed E-state index contributed by atoms with van der Waals surface area (Å²) in [5.41, 5.74) is 0.448. The van der Waals surface area contributed by atoms with Gasteiger partial charge in [0.25, 0.3) is 0 Å². The van der Waals surface area contributed by atoms with Crippen LogP contribution in [0.25, 0.3) is 0 Å². The number of amides is 1. The lowest BCUT2D eigenvalue weighted by Crippen LogP contribution is -2.35. The minimum Gasteiger partial charge on any atom is -0.497 e. The van der Waals surface area contributed by atoms with Crippen molar-refractivity contribution >= 4 is 11.8 Å². The van der Waals surface area contributed by atoms with Crippen LogP contribution in [0.15, 0.2) is 29.4 Å². The molecular weight excluding hydrogens is 260 g/mol. The fourth-order valence-corrected chi connectivity index (χ4v) is 1.45. The maximum Gasteiger partial charge on any atom is 0.407 e. The molecule has 0 aliphatic carbocycles. The van der Waals surface area contributed by atoms with Crippen molar-refractivity contribution in [2.45, 2.75) is 26.4 Å². The first-order valence-corrected chi connectivity index (χ1v) is 6.18. The topological polar surface area (TPSA) is 80.2 Å². The molecule has 2 N–H and O–H groups in total. The van der Waals surface area contributed by atoms with E-state index in [4.69, 9.17) is 14.7 Å². The molecule has 0 fully saturated rings. The molecule has 20 heavy (non-hydrogen) atoms. The highest BCUT2D eigenvalue weighted by Crippen LogP contribution is 2.12. The summed E-state index contributed by atoms with van der Waals surface area (Å²) in [6.07, 6.45) is -0.563. The number of oxime groups is 1. The first-order chi connectivity index (χ1) is 9.35. The Balaban J connectivity index is 2.62.